The van der Waals surface area contributed by atoms with Crippen LogP contribution in [0.5, 0.6) is 0 Å². The summed E-state index contributed by atoms with van der Waals surface area (Å²) in [5.74, 6) is 0.586. The van der Waals surface area contributed by atoms with E-state index in [-0.39, 0.29) is 0 Å². The van der Waals surface area contributed by atoms with Crippen molar-refractivity contribution in [3.05, 3.63) is 24.8 Å². The molecule has 1 aliphatic carbocycles. The van der Waals surface area contributed by atoms with Gasteiger partial charge in [0.05, 0.1) is 0 Å². The number of rotatable bonds is 1. The Morgan fingerprint density at radius 3 is 2.64 bits per heavy atom. The van der Waals surface area contributed by atoms with Gasteiger partial charge in [-0.25, -0.2) is 0 Å². The van der Waals surface area contributed by atoms with Crippen LogP contribution in [-0.4, -0.2) is 0 Å². The minimum Gasteiger partial charge on any atom is -0.102 e. The molecule has 0 spiro atoms. The van der Waals surface area contributed by atoms with E-state index in [2.05, 4.69) is 27.0 Å². The summed E-state index contributed by atoms with van der Waals surface area (Å²) in [6.07, 6.45) is 5.76. The highest BCUT2D eigenvalue weighted by atomic mass is 14.3. The van der Waals surface area contributed by atoms with Crippen LogP contribution in [0.4, 0.5) is 0 Å². The molecule has 0 radical (unpaired) electrons. The van der Waals surface area contributed by atoms with Crippen molar-refractivity contribution in [3.63, 3.8) is 0 Å². The van der Waals surface area contributed by atoms with Crippen molar-refractivity contribution < 1.29 is 0 Å². The standard InChI is InChI=1S/C11H18/c1-5-10-6-7-11(3,4)8-9(10)2/h5,10H,1-2,6-8H2,3-4H3. The summed E-state index contributed by atoms with van der Waals surface area (Å²) in [5.41, 5.74) is 1.85. The highest BCUT2D eigenvalue weighted by Crippen LogP contribution is 2.40. The Bertz CT molecular complexity index is 174. The van der Waals surface area contributed by atoms with Crippen molar-refractivity contribution >= 4 is 0 Å². The third-order valence-corrected chi connectivity index (χ3v) is 2.65. The quantitative estimate of drug-likeness (QED) is 0.501. The van der Waals surface area contributed by atoms with E-state index in [1.165, 1.54) is 24.8 Å². The first-order valence-electron chi connectivity index (χ1n) is 4.35. The molecule has 0 aromatic heterocycles. The van der Waals surface area contributed by atoms with Gasteiger partial charge in [-0.3, -0.25) is 0 Å². The van der Waals surface area contributed by atoms with E-state index in [0.717, 1.165) is 0 Å². The van der Waals surface area contributed by atoms with Crippen molar-refractivity contribution in [1.29, 1.82) is 0 Å². The van der Waals surface area contributed by atoms with Gasteiger partial charge >= 0.3 is 0 Å². The maximum absolute atomic E-state index is 4.09. The molecule has 0 aromatic rings. The lowest BCUT2D eigenvalue weighted by Gasteiger charge is -2.34. The molecule has 1 atom stereocenters. The van der Waals surface area contributed by atoms with Crippen molar-refractivity contribution in [2.24, 2.45) is 11.3 Å². The van der Waals surface area contributed by atoms with Crippen LogP contribution < -0.4 is 0 Å². The predicted octanol–water partition coefficient (Wildman–Crippen LogP) is 3.55. The fourth-order valence-electron chi connectivity index (χ4n) is 1.87. The Morgan fingerprint density at radius 2 is 2.18 bits per heavy atom. The molecule has 0 amide bonds. The monoisotopic (exact) mass is 150 g/mol. The molecular weight excluding hydrogens is 132 g/mol. The molecule has 0 aliphatic heterocycles. The Morgan fingerprint density at radius 1 is 1.55 bits per heavy atom. The van der Waals surface area contributed by atoms with Gasteiger partial charge in [-0.1, -0.05) is 32.1 Å². The summed E-state index contributed by atoms with van der Waals surface area (Å²) in [6.45, 7) is 12.5. The normalized spacial score (nSPS) is 30.0. The summed E-state index contributed by atoms with van der Waals surface area (Å²) < 4.78 is 0. The van der Waals surface area contributed by atoms with E-state index in [1.807, 2.05) is 6.08 Å². The van der Waals surface area contributed by atoms with Gasteiger partial charge in [-0.2, -0.15) is 0 Å². The number of hydrogen-bond donors (Lipinski definition) is 0. The molecule has 0 heterocycles. The van der Waals surface area contributed by atoms with Crippen LogP contribution in [0, 0.1) is 11.3 Å². The second-order valence-electron chi connectivity index (χ2n) is 4.38. The zero-order valence-corrected chi connectivity index (χ0v) is 7.69. The van der Waals surface area contributed by atoms with E-state index < -0.39 is 0 Å². The average Bonchev–Trinajstić information content (AvgIpc) is 1.86. The molecule has 0 aromatic carbocycles. The molecule has 11 heavy (non-hydrogen) atoms. The molecule has 0 saturated heterocycles. The third-order valence-electron chi connectivity index (χ3n) is 2.65. The van der Waals surface area contributed by atoms with Crippen LogP contribution in [0.25, 0.3) is 0 Å². The molecule has 1 unspecified atom stereocenters. The van der Waals surface area contributed by atoms with E-state index in [4.69, 9.17) is 0 Å². The summed E-state index contributed by atoms with van der Waals surface area (Å²) >= 11 is 0. The van der Waals surface area contributed by atoms with Gasteiger partial charge in [0.1, 0.15) is 0 Å². The van der Waals surface area contributed by atoms with Gasteiger partial charge in [0.15, 0.2) is 0 Å². The molecule has 1 aliphatic rings. The summed E-state index contributed by atoms with van der Waals surface area (Å²) in [6, 6.07) is 0. The topological polar surface area (TPSA) is 0 Å². The predicted molar refractivity (Wildman–Crippen MR) is 50.5 cm³/mol. The molecule has 1 saturated carbocycles. The van der Waals surface area contributed by atoms with Gasteiger partial charge < -0.3 is 0 Å². The van der Waals surface area contributed by atoms with Crippen LogP contribution in [0.1, 0.15) is 33.1 Å². The Hall–Kier alpha value is -0.520. The molecule has 0 heteroatoms. The van der Waals surface area contributed by atoms with Gasteiger partial charge in [-0.05, 0) is 30.6 Å². The van der Waals surface area contributed by atoms with Gasteiger partial charge in [0, 0.05) is 0 Å². The van der Waals surface area contributed by atoms with Crippen LogP contribution in [0.3, 0.4) is 0 Å². The molecule has 0 nitrogen and oxygen atoms in total. The largest absolute Gasteiger partial charge is 0.102 e. The average molecular weight is 150 g/mol. The van der Waals surface area contributed by atoms with E-state index in [9.17, 15) is 0 Å². The molecule has 1 fully saturated rings. The summed E-state index contributed by atoms with van der Waals surface area (Å²) in [7, 11) is 0. The molecule has 0 N–H and O–H groups in total. The fraction of sp³-hybridized carbons (Fsp3) is 0.636. The Balaban J connectivity index is 2.62. The zero-order valence-electron chi connectivity index (χ0n) is 7.69. The van der Waals surface area contributed by atoms with Crippen molar-refractivity contribution in [2.75, 3.05) is 0 Å². The van der Waals surface area contributed by atoms with E-state index in [0.29, 0.717) is 11.3 Å². The first kappa shape index (κ1) is 8.58. The van der Waals surface area contributed by atoms with Crippen LogP contribution in [0.15, 0.2) is 24.8 Å². The lowest BCUT2D eigenvalue weighted by Crippen LogP contribution is -2.21. The smallest absolute Gasteiger partial charge is 0.00282 e. The maximum atomic E-state index is 4.09. The minimum atomic E-state index is 0.483. The highest BCUT2D eigenvalue weighted by Gasteiger charge is 2.27. The van der Waals surface area contributed by atoms with E-state index >= 15 is 0 Å². The first-order valence-corrected chi connectivity index (χ1v) is 4.35. The second kappa shape index (κ2) is 2.84. The highest BCUT2D eigenvalue weighted by molar-refractivity contribution is 5.13. The van der Waals surface area contributed by atoms with E-state index in [1.54, 1.807) is 0 Å². The van der Waals surface area contributed by atoms with Gasteiger partial charge in [0.2, 0.25) is 0 Å². The first-order chi connectivity index (χ1) is 5.05. The molecular formula is C11H18. The molecule has 62 valence electrons. The molecule has 0 bridgehead atoms. The maximum Gasteiger partial charge on any atom is -0.00282 e. The zero-order chi connectivity index (χ0) is 8.48. The van der Waals surface area contributed by atoms with Gasteiger partial charge in [0.25, 0.3) is 0 Å². The van der Waals surface area contributed by atoms with Crippen molar-refractivity contribution in [2.45, 2.75) is 33.1 Å². The molecule has 1 rings (SSSR count). The van der Waals surface area contributed by atoms with Crippen molar-refractivity contribution in [1.82, 2.24) is 0 Å². The lowest BCUT2D eigenvalue weighted by atomic mass is 9.71. The van der Waals surface area contributed by atoms with Crippen molar-refractivity contribution in [3.8, 4) is 0 Å². The van der Waals surface area contributed by atoms with Crippen LogP contribution in [-0.2, 0) is 0 Å². The number of allylic oxidation sites excluding steroid dienone is 2. The fourth-order valence-corrected chi connectivity index (χ4v) is 1.87. The SMILES string of the molecule is C=CC1CCC(C)(C)CC1=C. The number of hydrogen-bond acceptors (Lipinski definition) is 0. The second-order valence-corrected chi connectivity index (χ2v) is 4.38. The third kappa shape index (κ3) is 1.95. The van der Waals surface area contributed by atoms with Gasteiger partial charge in [-0.15, -0.1) is 6.58 Å². The summed E-state index contributed by atoms with van der Waals surface area (Å²) in [5, 5.41) is 0. The Labute approximate surface area is 70.0 Å². The van der Waals surface area contributed by atoms with Crippen LogP contribution in [0.2, 0.25) is 0 Å². The Kier molecular flexibility index (Phi) is 2.22. The lowest BCUT2D eigenvalue weighted by molar-refractivity contribution is 0.267. The summed E-state index contributed by atoms with van der Waals surface area (Å²) in [4.78, 5) is 0. The van der Waals surface area contributed by atoms with Crippen LogP contribution >= 0.6 is 0 Å². The minimum absolute atomic E-state index is 0.483.